The summed E-state index contributed by atoms with van der Waals surface area (Å²) in [6, 6.07) is 8.22. The first-order valence-corrected chi connectivity index (χ1v) is 7.29. The minimum Gasteiger partial charge on any atom is -0.494 e. The number of rotatable bonds is 4. The minimum absolute atomic E-state index is 0.365. The third kappa shape index (κ3) is 3.13. The maximum absolute atomic E-state index is 5.70. The smallest absolute Gasteiger partial charge is 0.220 e. The van der Waals surface area contributed by atoms with Crippen LogP contribution in [0.2, 0.25) is 0 Å². The van der Waals surface area contributed by atoms with Crippen LogP contribution in [0.4, 0.5) is 5.95 Å². The Hall–Kier alpha value is -2.14. The highest BCUT2D eigenvalue weighted by molar-refractivity contribution is 5.34. The van der Waals surface area contributed by atoms with Gasteiger partial charge in [-0.25, -0.2) is 9.97 Å². The van der Waals surface area contributed by atoms with Gasteiger partial charge in [-0.1, -0.05) is 18.2 Å². The van der Waals surface area contributed by atoms with Gasteiger partial charge in [0, 0.05) is 43.4 Å². The lowest BCUT2D eigenvalue weighted by Crippen LogP contribution is -2.31. The molecule has 1 aliphatic rings. The number of hydrogen-bond acceptors (Lipinski definition) is 5. The van der Waals surface area contributed by atoms with Gasteiger partial charge in [0.1, 0.15) is 5.75 Å². The predicted octanol–water partition coefficient (Wildman–Crippen LogP) is 2.02. The van der Waals surface area contributed by atoms with Crippen LogP contribution in [0, 0.1) is 0 Å². The van der Waals surface area contributed by atoms with Crippen LogP contribution in [0.25, 0.3) is 0 Å². The zero-order valence-corrected chi connectivity index (χ0v) is 12.2. The zero-order chi connectivity index (χ0) is 14.7. The van der Waals surface area contributed by atoms with Crippen LogP contribution in [-0.4, -0.2) is 28.0 Å². The van der Waals surface area contributed by atoms with Crippen LogP contribution in [0.3, 0.4) is 0 Å². The Morgan fingerprint density at radius 3 is 3.05 bits per heavy atom. The van der Waals surface area contributed by atoms with E-state index in [1.807, 2.05) is 25.3 Å². The standard InChI is InChI=1S/C16H20N4O/c1-2-21-15-6-4-3-5-12(15)10-20-8-7-14-13(11-20)9-18-16(17)19-14/h3-6,9H,2,7-8,10-11H2,1H3,(H2,17,18,19). The van der Waals surface area contributed by atoms with Crippen molar-refractivity contribution in [2.24, 2.45) is 0 Å². The molecule has 0 amide bonds. The quantitative estimate of drug-likeness (QED) is 0.930. The van der Waals surface area contributed by atoms with Gasteiger partial charge >= 0.3 is 0 Å². The Labute approximate surface area is 124 Å². The summed E-state index contributed by atoms with van der Waals surface area (Å²) >= 11 is 0. The van der Waals surface area contributed by atoms with E-state index in [1.54, 1.807) is 0 Å². The number of fused-ring (bicyclic) bond motifs is 1. The molecule has 0 spiro atoms. The number of nitrogen functional groups attached to an aromatic ring is 1. The maximum atomic E-state index is 5.70. The number of para-hydroxylation sites is 1. The van der Waals surface area contributed by atoms with Crippen LogP contribution < -0.4 is 10.5 Å². The topological polar surface area (TPSA) is 64.3 Å². The van der Waals surface area contributed by atoms with E-state index in [2.05, 4.69) is 27.0 Å². The molecule has 1 aliphatic heterocycles. The number of nitrogens with two attached hydrogens (primary N) is 1. The molecule has 21 heavy (non-hydrogen) atoms. The largest absolute Gasteiger partial charge is 0.494 e. The summed E-state index contributed by atoms with van der Waals surface area (Å²) < 4.78 is 5.70. The number of benzene rings is 1. The van der Waals surface area contributed by atoms with Crippen molar-refractivity contribution in [3.63, 3.8) is 0 Å². The van der Waals surface area contributed by atoms with Gasteiger partial charge in [-0.2, -0.15) is 0 Å². The summed E-state index contributed by atoms with van der Waals surface area (Å²) in [6.45, 7) is 5.41. The Balaban J connectivity index is 1.74. The van der Waals surface area contributed by atoms with Crippen LogP contribution in [0.5, 0.6) is 5.75 Å². The van der Waals surface area contributed by atoms with Crippen LogP contribution in [0.15, 0.2) is 30.5 Å². The van der Waals surface area contributed by atoms with Gasteiger partial charge in [0.15, 0.2) is 0 Å². The number of anilines is 1. The van der Waals surface area contributed by atoms with Crippen molar-refractivity contribution in [1.29, 1.82) is 0 Å². The fraction of sp³-hybridized carbons (Fsp3) is 0.375. The van der Waals surface area contributed by atoms with Gasteiger partial charge in [-0.3, -0.25) is 4.90 Å². The van der Waals surface area contributed by atoms with E-state index >= 15 is 0 Å². The molecule has 0 radical (unpaired) electrons. The molecule has 1 aromatic heterocycles. The summed E-state index contributed by atoms with van der Waals surface area (Å²) in [5.74, 6) is 1.34. The van der Waals surface area contributed by atoms with E-state index in [4.69, 9.17) is 10.5 Å². The van der Waals surface area contributed by atoms with E-state index in [9.17, 15) is 0 Å². The lowest BCUT2D eigenvalue weighted by atomic mass is 10.1. The normalized spacial score (nSPS) is 14.7. The molecule has 0 bridgehead atoms. The van der Waals surface area contributed by atoms with Gasteiger partial charge in [-0.05, 0) is 13.0 Å². The second kappa shape index (κ2) is 6.10. The lowest BCUT2D eigenvalue weighted by molar-refractivity contribution is 0.237. The number of hydrogen-bond donors (Lipinski definition) is 1. The van der Waals surface area contributed by atoms with Crippen molar-refractivity contribution in [3.05, 3.63) is 47.3 Å². The first kappa shape index (κ1) is 13.8. The lowest BCUT2D eigenvalue weighted by Gasteiger charge is -2.28. The van der Waals surface area contributed by atoms with Crippen molar-refractivity contribution in [3.8, 4) is 5.75 Å². The first-order chi connectivity index (χ1) is 10.3. The molecule has 0 saturated carbocycles. The average Bonchev–Trinajstić information content (AvgIpc) is 2.50. The van der Waals surface area contributed by atoms with Crippen molar-refractivity contribution >= 4 is 5.95 Å². The van der Waals surface area contributed by atoms with Crippen LogP contribution in [0.1, 0.15) is 23.7 Å². The van der Waals surface area contributed by atoms with E-state index < -0.39 is 0 Å². The first-order valence-electron chi connectivity index (χ1n) is 7.29. The van der Waals surface area contributed by atoms with Crippen molar-refractivity contribution < 1.29 is 4.74 Å². The molecule has 110 valence electrons. The second-order valence-corrected chi connectivity index (χ2v) is 5.20. The summed E-state index contributed by atoms with van der Waals surface area (Å²) in [5, 5.41) is 0. The van der Waals surface area contributed by atoms with Crippen LogP contribution in [-0.2, 0) is 19.5 Å². The minimum atomic E-state index is 0.365. The van der Waals surface area contributed by atoms with E-state index in [0.29, 0.717) is 12.6 Å². The summed E-state index contributed by atoms with van der Waals surface area (Å²) in [4.78, 5) is 10.8. The molecule has 1 aromatic carbocycles. The second-order valence-electron chi connectivity index (χ2n) is 5.20. The Morgan fingerprint density at radius 2 is 2.19 bits per heavy atom. The van der Waals surface area contributed by atoms with E-state index in [-0.39, 0.29) is 0 Å². The zero-order valence-electron chi connectivity index (χ0n) is 12.2. The molecule has 0 unspecified atom stereocenters. The van der Waals surface area contributed by atoms with Gasteiger partial charge in [0.05, 0.1) is 12.3 Å². The molecular weight excluding hydrogens is 264 g/mol. The molecule has 0 fully saturated rings. The Bertz CT molecular complexity index is 629. The Kier molecular flexibility index (Phi) is 4.01. The van der Waals surface area contributed by atoms with Gasteiger partial charge < -0.3 is 10.5 Å². The highest BCUT2D eigenvalue weighted by atomic mass is 16.5. The number of ether oxygens (including phenoxy) is 1. The molecule has 2 N–H and O–H groups in total. The molecule has 0 aliphatic carbocycles. The van der Waals surface area contributed by atoms with Crippen molar-refractivity contribution in [1.82, 2.24) is 14.9 Å². The molecule has 0 atom stereocenters. The molecule has 0 saturated heterocycles. The third-order valence-electron chi connectivity index (χ3n) is 3.70. The number of nitrogens with zero attached hydrogens (tertiary/aromatic N) is 3. The predicted molar refractivity (Wildman–Crippen MR) is 81.9 cm³/mol. The summed E-state index contributed by atoms with van der Waals surface area (Å²) in [6.07, 6.45) is 2.76. The third-order valence-corrected chi connectivity index (χ3v) is 3.70. The van der Waals surface area contributed by atoms with Crippen molar-refractivity contribution in [2.75, 3.05) is 18.9 Å². The fourth-order valence-electron chi connectivity index (χ4n) is 2.70. The molecule has 2 heterocycles. The SMILES string of the molecule is CCOc1ccccc1CN1CCc2nc(N)ncc2C1. The van der Waals surface area contributed by atoms with Gasteiger partial charge in [0.25, 0.3) is 0 Å². The average molecular weight is 284 g/mol. The molecule has 5 nitrogen and oxygen atoms in total. The molecule has 3 rings (SSSR count). The van der Waals surface area contributed by atoms with Gasteiger partial charge in [-0.15, -0.1) is 0 Å². The van der Waals surface area contributed by atoms with Crippen LogP contribution >= 0.6 is 0 Å². The Morgan fingerprint density at radius 1 is 1.33 bits per heavy atom. The summed E-state index contributed by atoms with van der Waals surface area (Å²) in [7, 11) is 0. The number of aromatic nitrogens is 2. The van der Waals surface area contributed by atoms with Gasteiger partial charge in [0.2, 0.25) is 5.95 Å². The highest BCUT2D eigenvalue weighted by Gasteiger charge is 2.19. The molecule has 2 aromatic rings. The molecular formula is C16H20N4O. The van der Waals surface area contributed by atoms with E-state index in [1.165, 1.54) is 11.1 Å². The monoisotopic (exact) mass is 284 g/mol. The molecule has 5 heteroatoms. The van der Waals surface area contributed by atoms with E-state index in [0.717, 1.165) is 37.5 Å². The maximum Gasteiger partial charge on any atom is 0.220 e. The fourth-order valence-corrected chi connectivity index (χ4v) is 2.70. The highest BCUT2D eigenvalue weighted by Crippen LogP contribution is 2.23. The van der Waals surface area contributed by atoms with Crippen molar-refractivity contribution in [2.45, 2.75) is 26.4 Å². The summed E-state index contributed by atoms with van der Waals surface area (Å²) in [5.41, 5.74) is 9.11.